The number of hydrogen-bond donors (Lipinski definition) is 2. The van der Waals surface area contributed by atoms with Crippen molar-refractivity contribution in [2.75, 3.05) is 26.2 Å². The zero-order valence-electron chi connectivity index (χ0n) is 18.5. The second kappa shape index (κ2) is 8.40. The third-order valence-electron chi connectivity index (χ3n) is 6.35. The number of piperidine rings is 1. The maximum absolute atomic E-state index is 13.0. The van der Waals surface area contributed by atoms with E-state index < -0.39 is 11.6 Å². The van der Waals surface area contributed by atoms with E-state index in [1.54, 1.807) is 4.90 Å². The summed E-state index contributed by atoms with van der Waals surface area (Å²) in [6.07, 6.45) is 1.67. The topological polar surface area (TPSA) is 95.0 Å². The summed E-state index contributed by atoms with van der Waals surface area (Å²) in [6.45, 7) is 8.04. The molecule has 3 heterocycles. The van der Waals surface area contributed by atoms with Crippen LogP contribution in [0.3, 0.4) is 0 Å². The van der Waals surface area contributed by atoms with Gasteiger partial charge in [0, 0.05) is 19.6 Å². The number of hydrogen-bond acceptors (Lipinski definition) is 5. The highest BCUT2D eigenvalue weighted by atomic mass is 16.6. The molecule has 8 heteroatoms. The first-order chi connectivity index (χ1) is 14.8. The van der Waals surface area contributed by atoms with Crippen LogP contribution in [0.5, 0.6) is 11.5 Å². The minimum absolute atomic E-state index is 0.0175. The molecule has 2 fully saturated rings. The predicted octanol–water partition coefficient (Wildman–Crippen LogP) is 2.24. The zero-order valence-corrected chi connectivity index (χ0v) is 18.5. The van der Waals surface area contributed by atoms with E-state index >= 15 is 0 Å². The number of fused-ring (bicyclic) bond motifs is 1. The molecule has 0 radical (unpaired) electrons. The molecule has 168 valence electrons. The highest BCUT2D eigenvalue weighted by molar-refractivity contribution is 6.07. The van der Waals surface area contributed by atoms with E-state index in [9.17, 15) is 9.59 Å². The Hall–Kier alpha value is -2.77. The number of nitrogens with zero attached hydrogens (tertiary/aromatic N) is 2. The van der Waals surface area contributed by atoms with Crippen LogP contribution < -0.4 is 14.8 Å². The van der Waals surface area contributed by atoms with Gasteiger partial charge >= 0.3 is 0 Å². The lowest BCUT2D eigenvalue weighted by atomic mass is 9.90. The van der Waals surface area contributed by atoms with Crippen molar-refractivity contribution < 1.29 is 19.1 Å². The quantitative estimate of drug-likeness (QED) is 0.750. The van der Waals surface area contributed by atoms with Crippen LogP contribution in [0.4, 0.5) is 0 Å². The number of rotatable bonds is 5. The normalized spacial score (nSPS) is 26.4. The Morgan fingerprint density at radius 2 is 1.94 bits per heavy atom. The third kappa shape index (κ3) is 4.34. The Morgan fingerprint density at radius 3 is 2.61 bits per heavy atom. The summed E-state index contributed by atoms with van der Waals surface area (Å²) in [4.78, 5) is 29.3. The largest absolute Gasteiger partial charge is 0.485 e. The van der Waals surface area contributed by atoms with Crippen LogP contribution in [0.1, 0.15) is 40.0 Å². The van der Waals surface area contributed by atoms with Gasteiger partial charge in [0.2, 0.25) is 6.10 Å². The molecule has 0 bridgehead atoms. The first kappa shape index (κ1) is 21.5. The van der Waals surface area contributed by atoms with Gasteiger partial charge in [-0.2, -0.15) is 0 Å². The van der Waals surface area contributed by atoms with Crippen LogP contribution in [-0.4, -0.2) is 65.5 Å². The van der Waals surface area contributed by atoms with Gasteiger partial charge in [0.05, 0.1) is 0 Å². The first-order valence-corrected chi connectivity index (χ1v) is 11.1. The number of carbonyl (C=O) groups excluding carboxylic acids is 2. The molecule has 4 rings (SSSR count). The number of benzene rings is 1. The maximum atomic E-state index is 13.0. The van der Waals surface area contributed by atoms with Gasteiger partial charge in [0.25, 0.3) is 11.8 Å². The number of likely N-dealkylation sites (tertiary alicyclic amines) is 1. The number of nitrogens with one attached hydrogen (secondary N) is 2. The molecule has 2 atom stereocenters. The maximum Gasteiger partial charge on any atom is 0.267 e. The minimum atomic E-state index is -0.698. The van der Waals surface area contributed by atoms with Gasteiger partial charge < -0.3 is 19.7 Å². The standard InChI is InChI=1S/C23H32N4O4/c1-15(2)12-23(3)21(29)27(22(24)25-23)13-16-8-10-26(11-9-16)20(28)19-14-30-17-6-4-5-7-18(17)31-19/h4-7,15-16,19H,8-14H2,1-3H3,(H2,24,25). The number of ether oxygens (including phenoxy) is 2. The fourth-order valence-electron chi connectivity index (χ4n) is 4.85. The summed E-state index contributed by atoms with van der Waals surface area (Å²) in [5, 5.41) is 11.3. The molecule has 2 N–H and O–H groups in total. The molecule has 3 aliphatic rings. The van der Waals surface area contributed by atoms with Crippen molar-refractivity contribution in [1.82, 2.24) is 15.1 Å². The van der Waals surface area contributed by atoms with E-state index in [0.717, 1.165) is 12.8 Å². The van der Waals surface area contributed by atoms with Gasteiger partial charge in [-0.25, -0.2) is 0 Å². The van der Waals surface area contributed by atoms with Crippen LogP contribution in [-0.2, 0) is 9.59 Å². The molecule has 31 heavy (non-hydrogen) atoms. The van der Waals surface area contributed by atoms with E-state index in [0.29, 0.717) is 43.5 Å². The second-order valence-corrected chi connectivity index (χ2v) is 9.45. The molecule has 0 aromatic heterocycles. The third-order valence-corrected chi connectivity index (χ3v) is 6.35. The fourth-order valence-corrected chi connectivity index (χ4v) is 4.85. The van der Waals surface area contributed by atoms with Gasteiger partial charge in [-0.05, 0) is 50.2 Å². The molecule has 8 nitrogen and oxygen atoms in total. The Labute approximate surface area is 183 Å². The van der Waals surface area contributed by atoms with Crippen molar-refractivity contribution in [2.24, 2.45) is 11.8 Å². The van der Waals surface area contributed by atoms with Crippen molar-refractivity contribution in [3.63, 3.8) is 0 Å². The Kier molecular flexibility index (Phi) is 5.81. The number of carbonyl (C=O) groups is 2. The van der Waals surface area contributed by atoms with Crippen molar-refractivity contribution in [1.29, 1.82) is 5.41 Å². The molecule has 1 aromatic rings. The average Bonchev–Trinajstić information content (AvgIpc) is 2.95. The van der Waals surface area contributed by atoms with E-state index in [-0.39, 0.29) is 30.3 Å². The van der Waals surface area contributed by atoms with Crippen LogP contribution >= 0.6 is 0 Å². The predicted molar refractivity (Wildman–Crippen MR) is 116 cm³/mol. The van der Waals surface area contributed by atoms with Gasteiger partial charge in [-0.1, -0.05) is 26.0 Å². The highest BCUT2D eigenvalue weighted by Crippen LogP contribution is 2.32. The van der Waals surface area contributed by atoms with E-state index in [1.807, 2.05) is 36.1 Å². The van der Waals surface area contributed by atoms with Gasteiger partial charge in [-0.15, -0.1) is 0 Å². The SMILES string of the molecule is CC(C)CC1(C)NC(=N)N(CC2CCN(C(=O)C3COc4ccccc4O3)CC2)C1=O. The Balaban J connectivity index is 1.30. The van der Waals surface area contributed by atoms with Crippen LogP contribution in [0.15, 0.2) is 24.3 Å². The monoisotopic (exact) mass is 428 g/mol. The zero-order chi connectivity index (χ0) is 22.2. The molecule has 0 aliphatic carbocycles. The Morgan fingerprint density at radius 1 is 1.26 bits per heavy atom. The lowest BCUT2D eigenvalue weighted by molar-refractivity contribution is -0.143. The lowest BCUT2D eigenvalue weighted by Gasteiger charge is -2.36. The smallest absolute Gasteiger partial charge is 0.267 e. The van der Waals surface area contributed by atoms with E-state index in [2.05, 4.69) is 19.2 Å². The number of guanidine groups is 1. The van der Waals surface area contributed by atoms with Crippen molar-refractivity contribution >= 4 is 17.8 Å². The molecule has 2 amide bonds. The van der Waals surface area contributed by atoms with E-state index in [1.165, 1.54) is 0 Å². The minimum Gasteiger partial charge on any atom is -0.485 e. The van der Waals surface area contributed by atoms with E-state index in [4.69, 9.17) is 14.9 Å². The van der Waals surface area contributed by atoms with Gasteiger partial charge in [0.1, 0.15) is 12.1 Å². The molecule has 1 aromatic carbocycles. The molecule has 2 saturated heterocycles. The second-order valence-electron chi connectivity index (χ2n) is 9.45. The molecule has 3 aliphatic heterocycles. The molecule has 0 saturated carbocycles. The summed E-state index contributed by atoms with van der Waals surface area (Å²) >= 11 is 0. The first-order valence-electron chi connectivity index (χ1n) is 11.1. The summed E-state index contributed by atoms with van der Waals surface area (Å²) in [5.41, 5.74) is -0.698. The Bertz CT molecular complexity index is 865. The van der Waals surface area contributed by atoms with Crippen molar-refractivity contribution in [2.45, 2.75) is 51.7 Å². The highest BCUT2D eigenvalue weighted by Gasteiger charge is 2.46. The van der Waals surface area contributed by atoms with Crippen LogP contribution in [0.2, 0.25) is 0 Å². The lowest BCUT2D eigenvalue weighted by Crippen LogP contribution is -2.50. The molecule has 0 spiro atoms. The molecular weight excluding hydrogens is 396 g/mol. The number of amides is 2. The van der Waals surface area contributed by atoms with Crippen LogP contribution in [0, 0.1) is 17.2 Å². The fraction of sp³-hybridized carbons (Fsp3) is 0.609. The summed E-state index contributed by atoms with van der Waals surface area (Å²) < 4.78 is 11.5. The van der Waals surface area contributed by atoms with Crippen molar-refractivity contribution in [3.8, 4) is 11.5 Å². The number of para-hydroxylation sites is 2. The average molecular weight is 429 g/mol. The molecular formula is C23H32N4O4. The molecule has 2 unspecified atom stereocenters. The van der Waals surface area contributed by atoms with Crippen LogP contribution in [0.25, 0.3) is 0 Å². The van der Waals surface area contributed by atoms with Gasteiger partial charge in [-0.3, -0.25) is 19.9 Å². The van der Waals surface area contributed by atoms with Gasteiger partial charge in [0.15, 0.2) is 17.5 Å². The van der Waals surface area contributed by atoms with Crippen molar-refractivity contribution in [3.05, 3.63) is 24.3 Å². The summed E-state index contributed by atoms with van der Waals surface area (Å²) in [7, 11) is 0. The summed E-state index contributed by atoms with van der Waals surface area (Å²) in [6, 6.07) is 7.38. The summed E-state index contributed by atoms with van der Waals surface area (Å²) in [5.74, 6) is 2.02.